The molecule has 22 heavy (non-hydrogen) atoms. The van der Waals surface area contributed by atoms with E-state index in [1.165, 1.54) is 0 Å². The lowest BCUT2D eigenvalue weighted by molar-refractivity contribution is -0.0179. The molecule has 0 spiro atoms. The molecule has 0 aliphatic carbocycles. The molecule has 2 rings (SSSR count). The number of carbonyl (C=O) groups excluding carboxylic acids is 1. The van der Waals surface area contributed by atoms with Crippen molar-refractivity contribution in [2.24, 2.45) is 0 Å². The zero-order chi connectivity index (χ0) is 16.3. The fourth-order valence-electron chi connectivity index (χ4n) is 1.87. The van der Waals surface area contributed by atoms with Crippen molar-refractivity contribution in [3.8, 4) is 0 Å². The highest BCUT2D eigenvalue weighted by molar-refractivity contribution is 7.86. The number of halogens is 1. The summed E-state index contributed by atoms with van der Waals surface area (Å²) in [6.07, 6.45) is 0.463. The molecule has 1 heterocycles. The standard InChI is InChI=1S/C13H15ClN2O5S/c1-9(21-8-10-5-3-2-4-6-10)16-7-11(14)12(15-13(16)17)22(18,19)20/h2-7,9,12H,8H2,1H3,(H,15,17)(H,18,19,20). The molecule has 1 aromatic carbocycles. The van der Waals surface area contributed by atoms with E-state index >= 15 is 0 Å². The number of amides is 2. The molecular weight excluding hydrogens is 332 g/mol. The van der Waals surface area contributed by atoms with E-state index in [4.69, 9.17) is 20.9 Å². The summed E-state index contributed by atoms with van der Waals surface area (Å²) >= 11 is 5.80. The highest BCUT2D eigenvalue weighted by atomic mass is 35.5. The first-order valence-electron chi connectivity index (χ1n) is 6.37. The number of urea groups is 1. The minimum absolute atomic E-state index is 0.225. The van der Waals surface area contributed by atoms with Gasteiger partial charge in [-0.25, -0.2) is 4.79 Å². The van der Waals surface area contributed by atoms with Gasteiger partial charge in [0.05, 0.1) is 11.6 Å². The molecule has 2 amide bonds. The summed E-state index contributed by atoms with van der Waals surface area (Å²) in [5.41, 5.74) is 0.928. The number of hydrogen-bond donors (Lipinski definition) is 2. The SMILES string of the molecule is CC(OCc1ccccc1)N1C=C(Cl)C(S(=O)(=O)O)NC1=O. The third kappa shape index (κ3) is 3.98. The van der Waals surface area contributed by atoms with Gasteiger partial charge in [0.15, 0.2) is 5.37 Å². The molecule has 2 N–H and O–H groups in total. The Kier molecular flexibility index (Phi) is 5.07. The molecule has 1 aliphatic rings. The highest BCUT2D eigenvalue weighted by Gasteiger charge is 2.36. The fraction of sp³-hybridized carbons (Fsp3) is 0.308. The van der Waals surface area contributed by atoms with Crippen LogP contribution in [0.1, 0.15) is 12.5 Å². The zero-order valence-electron chi connectivity index (χ0n) is 11.6. The predicted molar refractivity (Wildman–Crippen MR) is 80.3 cm³/mol. The Labute approximate surface area is 133 Å². The van der Waals surface area contributed by atoms with E-state index in [0.717, 1.165) is 16.7 Å². The van der Waals surface area contributed by atoms with Crippen molar-refractivity contribution in [2.75, 3.05) is 0 Å². The largest absolute Gasteiger partial charge is 0.353 e. The van der Waals surface area contributed by atoms with Crippen molar-refractivity contribution in [3.05, 3.63) is 47.1 Å². The molecule has 0 saturated heterocycles. The third-order valence-corrected chi connectivity index (χ3v) is 4.44. The monoisotopic (exact) mass is 346 g/mol. The Morgan fingerprint density at radius 1 is 1.41 bits per heavy atom. The summed E-state index contributed by atoms with van der Waals surface area (Å²) in [5, 5.41) is 0.226. The molecule has 2 unspecified atom stereocenters. The van der Waals surface area contributed by atoms with Crippen LogP contribution in [0.3, 0.4) is 0 Å². The van der Waals surface area contributed by atoms with Crippen LogP contribution < -0.4 is 5.32 Å². The maximum Gasteiger partial charge on any atom is 0.324 e. The smallest absolute Gasteiger partial charge is 0.324 e. The zero-order valence-corrected chi connectivity index (χ0v) is 13.2. The molecule has 9 heteroatoms. The number of benzene rings is 1. The van der Waals surface area contributed by atoms with Gasteiger partial charge in [-0.2, -0.15) is 8.42 Å². The molecule has 7 nitrogen and oxygen atoms in total. The lowest BCUT2D eigenvalue weighted by atomic mass is 10.2. The number of ether oxygens (including phenoxy) is 1. The first-order chi connectivity index (χ1) is 10.3. The van der Waals surface area contributed by atoms with Crippen LogP contribution in [-0.2, 0) is 21.5 Å². The van der Waals surface area contributed by atoms with Gasteiger partial charge in [-0.3, -0.25) is 9.45 Å². The molecule has 0 aromatic heterocycles. The van der Waals surface area contributed by atoms with E-state index in [-0.39, 0.29) is 11.6 Å². The molecule has 2 atom stereocenters. The Bertz CT molecular complexity index is 677. The summed E-state index contributed by atoms with van der Waals surface area (Å²) in [6.45, 7) is 1.90. The molecule has 0 radical (unpaired) electrons. The Morgan fingerprint density at radius 3 is 2.64 bits per heavy atom. The number of hydrogen-bond acceptors (Lipinski definition) is 4. The van der Waals surface area contributed by atoms with Gasteiger partial charge < -0.3 is 10.1 Å². The highest BCUT2D eigenvalue weighted by Crippen LogP contribution is 2.21. The molecule has 0 saturated carbocycles. The summed E-state index contributed by atoms with van der Waals surface area (Å²) in [7, 11) is -4.51. The number of carbonyl (C=O) groups is 1. The van der Waals surface area contributed by atoms with Gasteiger partial charge in [0.2, 0.25) is 0 Å². The predicted octanol–water partition coefficient (Wildman–Crippen LogP) is 1.87. The summed E-state index contributed by atoms with van der Waals surface area (Å²) in [4.78, 5) is 13.0. The average Bonchev–Trinajstić information content (AvgIpc) is 2.46. The van der Waals surface area contributed by atoms with Crippen LogP contribution in [0, 0.1) is 0 Å². The lowest BCUT2D eigenvalue weighted by Crippen LogP contribution is -2.53. The number of rotatable bonds is 5. The maximum atomic E-state index is 11.9. The van der Waals surface area contributed by atoms with E-state index in [9.17, 15) is 13.2 Å². The lowest BCUT2D eigenvalue weighted by Gasteiger charge is -2.32. The second kappa shape index (κ2) is 6.66. The van der Waals surface area contributed by atoms with Crippen molar-refractivity contribution < 1.29 is 22.5 Å². The second-order valence-corrected chi connectivity index (χ2v) is 6.60. The average molecular weight is 347 g/mol. The van der Waals surface area contributed by atoms with Crippen LogP contribution in [0.2, 0.25) is 0 Å². The summed E-state index contributed by atoms with van der Waals surface area (Å²) < 4.78 is 36.7. The minimum atomic E-state index is -4.51. The molecule has 120 valence electrons. The Balaban J connectivity index is 2.06. The molecule has 0 bridgehead atoms. The van der Waals surface area contributed by atoms with E-state index in [1.807, 2.05) is 30.3 Å². The first kappa shape index (κ1) is 16.8. The minimum Gasteiger partial charge on any atom is -0.353 e. The Hall–Kier alpha value is -1.61. The van der Waals surface area contributed by atoms with Crippen molar-refractivity contribution in [2.45, 2.75) is 25.1 Å². The van der Waals surface area contributed by atoms with Crippen molar-refractivity contribution in [1.29, 1.82) is 0 Å². The second-order valence-electron chi connectivity index (χ2n) is 4.66. The fourth-order valence-corrected chi connectivity index (χ4v) is 2.97. The van der Waals surface area contributed by atoms with Gasteiger partial charge in [0, 0.05) is 6.20 Å². The maximum absolute atomic E-state index is 11.9. The van der Waals surface area contributed by atoms with Gasteiger partial charge in [0.1, 0.15) is 6.23 Å². The van der Waals surface area contributed by atoms with E-state index in [0.29, 0.717) is 0 Å². The van der Waals surface area contributed by atoms with Crippen LogP contribution in [0.5, 0.6) is 0 Å². The molecule has 1 aromatic rings. The van der Waals surface area contributed by atoms with Gasteiger partial charge in [0.25, 0.3) is 10.1 Å². The number of nitrogens with one attached hydrogen (secondary N) is 1. The topological polar surface area (TPSA) is 95.9 Å². The van der Waals surface area contributed by atoms with Gasteiger partial charge in [-0.1, -0.05) is 41.9 Å². The van der Waals surface area contributed by atoms with Crippen LogP contribution in [-0.4, -0.2) is 35.5 Å². The molecular formula is C13H15ClN2O5S. The van der Waals surface area contributed by atoms with Crippen molar-refractivity contribution in [1.82, 2.24) is 10.2 Å². The van der Waals surface area contributed by atoms with Gasteiger partial charge in [-0.15, -0.1) is 0 Å². The van der Waals surface area contributed by atoms with Crippen molar-refractivity contribution in [3.63, 3.8) is 0 Å². The van der Waals surface area contributed by atoms with Gasteiger partial charge in [-0.05, 0) is 12.5 Å². The third-order valence-electron chi connectivity index (χ3n) is 3.03. The summed E-state index contributed by atoms with van der Waals surface area (Å²) in [5.74, 6) is 0. The van der Waals surface area contributed by atoms with E-state index in [2.05, 4.69) is 5.32 Å². The Morgan fingerprint density at radius 2 is 2.05 bits per heavy atom. The van der Waals surface area contributed by atoms with Crippen LogP contribution in [0.15, 0.2) is 41.6 Å². The first-order valence-corrected chi connectivity index (χ1v) is 8.25. The number of nitrogens with zero attached hydrogens (tertiary/aromatic N) is 1. The summed E-state index contributed by atoms with van der Waals surface area (Å²) in [6, 6.07) is 8.63. The van der Waals surface area contributed by atoms with Crippen LogP contribution in [0.25, 0.3) is 0 Å². The van der Waals surface area contributed by atoms with Crippen molar-refractivity contribution >= 4 is 27.8 Å². The molecule has 1 aliphatic heterocycles. The van der Waals surface area contributed by atoms with Crippen LogP contribution >= 0.6 is 11.6 Å². The van der Waals surface area contributed by atoms with Gasteiger partial charge >= 0.3 is 6.03 Å². The molecule has 0 fully saturated rings. The van der Waals surface area contributed by atoms with E-state index < -0.39 is 27.8 Å². The van der Waals surface area contributed by atoms with Crippen LogP contribution in [0.4, 0.5) is 4.79 Å². The normalized spacial score (nSPS) is 20.3. The van der Waals surface area contributed by atoms with E-state index in [1.54, 1.807) is 6.92 Å². The quantitative estimate of drug-likeness (QED) is 0.793.